The maximum Gasteiger partial charge on any atom is 0.422 e. The Morgan fingerprint density at radius 1 is 0.750 bits per heavy atom. The molecule has 0 fully saturated rings. The molecule has 0 nitrogen and oxygen atoms in total. The number of hydrogen-bond acceptors (Lipinski definition) is 0. The molecule has 0 N–H and O–H groups in total. The van der Waals surface area contributed by atoms with Crippen molar-refractivity contribution in [3.8, 4) is 0 Å². The SMILES string of the molecule is CC(F)(CC(CCI)CC(C)(F)C(F)(F)F)C(F)(F)F. The third-order valence-corrected chi connectivity index (χ3v) is 3.67. The van der Waals surface area contributed by atoms with Gasteiger partial charge in [-0.25, -0.2) is 8.78 Å². The Labute approximate surface area is 125 Å². The Hall–Kier alpha value is 0.170. The highest BCUT2D eigenvalue weighted by atomic mass is 127. The summed E-state index contributed by atoms with van der Waals surface area (Å²) in [5, 5.41) is 0. The lowest BCUT2D eigenvalue weighted by atomic mass is 9.83. The number of alkyl halides is 9. The highest BCUT2D eigenvalue weighted by Crippen LogP contribution is 2.44. The van der Waals surface area contributed by atoms with Crippen molar-refractivity contribution in [3.63, 3.8) is 0 Å². The number of halogens is 9. The van der Waals surface area contributed by atoms with E-state index in [0.717, 1.165) is 0 Å². The third-order valence-electron chi connectivity index (χ3n) is 3.04. The van der Waals surface area contributed by atoms with E-state index in [0.29, 0.717) is 0 Å². The van der Waals surface area contributed by atoms with Gasteiger partial charge in [-0.1, -0.05) is 22.6 Å². The predicted molar refractivity (Wildman–Crippen MR) is 67.4 cm³/mol. The van der Waals surface area contributed by atoms with Crippen LogP contribution >= 0.6 is 22.6 Å². The summed E-state index contributed by atoms with van der Waals surface area (Å²) in [4.78, 5) is 0. The minimum absolute atomic E-state index is 0.119. The number of hydrogen-bond donors (Lipinski definition) is 0. The van der Waals surface area contributed by atoms with Crippen LogP contribution in [0.15, 0.2) is 0 Å². The molecule has 0 saturated heterocycles. The van der Waals surface area contributed by atoms with Crippen LogP contribution in [0.25, 0.3) is 0 Å². The van der Waals surface area contributed by atoms with Crippen molar-refractivity contribution >= 4 is 22.6 Å². The van der Waals surface area contributed by atoms with E-state index in [2.05, 4.69) is 0 Å². The van der Waals surface area contributed by atoms with Crippen LogP contribution in [-0.4, -0.2) is 28.1 Å². The molecule has 0 heterocycles. The molecule has 0 saturated carbocycles. The monoisotopic (exact) mass is 426 g/mol. The second kappa shape index (κ2) is 6.51. The van der Waals surface area contributed by atoms with E-state index < -0.39 is 42.4 Å². The van der Waals surface area contributed by atoms with Gasteiger partial charge in [0.25, 0.3) is 0 Å². The van der Waals surface area contributed by atoms with E-state index >= 15 is 0 Å². The Balaban J connectivity index is 5.02. The Morgan fingerprint density at radius 2 is 1.05 bits per heavy atom. The van der Waals surface area contributed by atoms with E-state index in [-0.39, 0.29) is 24.7 Å². The predicted octanol–water partition coefficient (Wildman–Crippen LogP) is 5.79. The molecule has 0 rings (SSSR count). The van der Waals surface area contributed by atoms with Crippen molar-refractivity contribution in [2.45, 2.75) is 56.8 Å². The van der Waals surface area contributed by atoms with Crippen molar-refractivity contribution < 1.29 is 35.1 Å². The molecule has 2 unspecified atom stereocenters. The van der Waals surface area contributed by atoms with Gasteiger partial charge < -0.3 is 0 Å². The molecule has 9 heteroatoms. The van der Waals surface area contributed by atoms with Gasteiger partial charge in [-0.2, -0.15) is 26.3 Å². The fraction of sp³-hybridized carbons (Fsp3) is 1.00. The Bertz CT molecular complexity index is 277. The lowest BCUT2D eigenvalue weighted by molar-refractivity contribution is -0.241. The van der Waals surface area contributed by atoms with Crippen LogP contribution in [0.2, 0.25) is 0 Å². The van der Waals surface area contributed by atoms with Gasteiger partial charge in [0.2, 0.25) is 11.3 Å². The molecule has 122 valence electrons. The van der Waals surface area contributed by atoms with Crippen molar-refractivity contribution in [3.05, 3.63) is 0 Å². The summed E-state index contributed by atoms with van der Waals surface area (Å²) in [6, 6.07) is 0. The van der Waals surface area contributed by atoms with Crippen molar-refractivity contribution in [1.82, 2.24) is 0 Å². The Morgan fingerprint density at radius 3 is 1.25 bits per heavy atom. The lowest BCUT2D eigenvalue weighted by Gasteiger charge is -2.32. The van der Waals surface area contributed by atoms with Gasteiger partial charge in [-0.15, -0.1) is 0 Å². The van der Waals surface area contributed by atoms with E-state index in [1.165, 1.54) is 0 Å². The molecule has 0 aromatic heterocycles. The first-order valence-corrected chi connectivity index (χ1v) is 7.24. The minimum atomic E-state index is -5.19. The molecule has 0 aliphatic heterocycles. The second-order valence-electron chi connectivity index (χ2n) is 5.14. The molecule has 0 aliphatic carbocycles. The van der Waals surface area contributed by atoms with E-state index in [4.69, 9.17) is 0 Å². The normalized spacial score (nSPS) is 21.1. The maximum atomic E-state index is 13.5. The van der Waals surface area contributed by atoms with Crippen LogP contribution in [0.1, 0.15) is 33.1 Å². The van der Waals surface area contributed by atoms with Gasteiger partial charge in [-0.05, 0) is 43.5 Å². The van der Waals surface area contributed by atoms with Gasteiger partial charge in [0.1, 0.15) is 0 Å². The summed E-state index contributed by atoms with van der Waals surface area (Å²) in [6.45, 7) is 0.521. The van der Waals surface area contributed by atoms with Crippen LogP contribution in [0, 0.1) is 5.92 Å². The molecule has 0 aromatic carbocycles. The quantitative estimate of drug-likeness (QED) is 0.287. The van der Waals surface area contributed by atoms with Crippen molar-refractivity contribution in [2.24, 2.45) is 5.92 Å². The summed E-state index contributed by atoms with van der Waals surface area (Å²) in [5.74, 6) is -1.35. The van der Waals surface area contributed by atoms with Gasteiger partial charge in [-0.3, -0.25) is 0 Å². The molecular formula is C11H15F8I. The van der Waals surface area contributed by atoms with Crippen molar-refractivity contribution in [2.75, 3.05) is 4.43 Å². The number of rotatable bonds is 6. The fourth-order valence-corrected chi connectivity index (χ4v) is 2.63. The highest BCUT2D eigenvalue weighted by Gasteiger charge is 2.56. The average molecular weight is 426 g/mol. The zero-order valence-electron chi connectivity index (χ0n) is 10.8. The van der Waals surface area contributed by atoms with Crippen LogP contribution in [-0.2, 0) is 0 Å². The molecule has 0 aromatic rings. The minimum Gasteiger partial charge on any atom is -0.234 e. The van der Waals surface area contributed by atoms with Crippen LogP contribution < -0.4 is 0 Å². The smallest absolute Gasteiger partial charge is 0.234 e. The first-order chi connectivity index (χ1) is 8.64. The standard InChI is InChI=1S/C11H15F8I/c1-8(12,10(14,15)16)5-7(3-4-20)6-9(2,13)11(17,18)19/h7H,3-6H2,1-2H3. The zero-order valence-corrected chi connectivity index (χ0v) is 13.0. The lowest BCUT2D eigenvalue weighted by Crippen LogP contribution is -2.43. The van der Waals surface area contributed by atoms with Gasteiger partial charge in [0, 0.05) is 0 Å². The zero-order chi connectivity index (χ0) is 16.4. The Kier molecular flexibility index (Phi) is 6.57. The van der Waals surface area contributed by atoms with E-state index in [9.17, 15) is 35.1 Å². The summed E-state index contributed by atoms with van der Waals surface area (Å²) < 4.78 is 102. The molecule has 2 atom stereocenters. The maximum absolute atomic E-state index is 13.5. The van der Waals surface area contributed by atoms with Crippen LogP contribution in [0.5, 0.6) is 0 Å². The van der Waals surface area contributed by atoms with Crippen LogP contribution in [0.3, 0.4) is 0 Å². The largest absolute Gasteiger partial charge is 0.422 e. The molecule has 0 radical (unpaired) electrons. The van der Waals surface area contributed by atoms with Crippen molar-refractivity contribution in [1.29, 1.82) is 0 Å². The van der Waals surface area contributed by atoms with Crippen LogP contribution in [0.4, 0.5) is 35.1 Å². The summed E-state index contributed by atoms with van der Waals surface area (Å²) in [7, 11) is 0. The summed E-state index contributed by atoms with van der Waals surface area (Å²) >= 11 is 1.74. The van der Waals surface area contributed by atoms with Gasteiger partial charge >= 0.3 is 12.4 Å². The highest BCUT2D eigenvalue weighted by molar-refractivity contribution is 14.1. The topological polar surface area (TPSA) is 0 Å². The molecule has 0 amide bonds. The summed E-state index contributed by atoms with van der Waals surface area (Å²) in [6.07, 6.45) is -12.9. The molecular weight excluding hydrogens is 411 g/mol. The molecule has 0 bridgehead atoms. The molecule has 0 spiro atoms. The molecule has 0 aliphatic rings. The second-order valence-corrected chi connectivity index (χ2v) is 6.22. The van der Waals surface area contributed by atoms with E-state index in [1.807, 2.05) is 0 Å². The first-order valence-electron chi connectivity index (χ1n) is 5.71. The van der Waals surface area contributed by atoms with Gasteiger partial charge in [0.05, 0.1) is 0 Å². The fourth-order valence-electron chi connectivity index (χ4n) is 1.75. The van der Waals surface area contributed by atoms with Gasteiger partial charge in [0.15, 0.2) is 0 Å². The van der Waals surface area contributed by atoms with E-state index in [1.54, 1.807) is 22.6 Å². The first kappa shape index (κ1) is 20.2. The third kappa shape index (κ3) is 5.51. The average Bonchev–Trinajstić information content (AvgIpc) is 2.12. The molecule has 20 heavy (non-hydrogen) atoms. The summed E-state index contributed by atoms with van der Waals surface area (Å²) in [5.41, 5.74) is -7.27.